The van der Waals surface area contributed by atoms with E-state index in [-0.39, 0.29) is 10.8 Å². The van der Waals surface area contributed by atoms with Crippen LogP contribution in [0.2, 0.25) is 0 Å². The third kappa shape index (κ3) is 3.09. The van der Waals surface area contributed by atoms with E-state index in [1.54, 1.807) is 6.92 Å². The standard InChI is InChI=1S/C13H17ClFNO2S/c1-10-4-5-11(15)8-12(10)19(17,18)16-13(9-14)6-2-3-7-13/h4-5,8,16H,2-3,6-7,9H2,1H3. The van der Waals surface area contributed by atoms with Crippen LogP contribution in [-0.2, 0) is 10.0 Å². The van der Waals surface area contributed by atoms with Crippen LogP contribution in [0.25, 0.3) is 0 Å². The minimum Gasteiger partial charge on any atom is -0.207 e. The molecular weight excluding hydrogens is 289 g/mol. The summed E-state index contributed by atoms with van der Waals surface area (Å²) >= 11 is 5.93. The van der Waals surface area contributed by atoms with E-state index in [9.17, 15) is 12.8 Å². The van der Waals surface area contributed by atoms with E-state index in [1.807, 2.05) is 0 Å². The average molecular weight is 306 g/mol. The molecule has 0 atom stereocenters. The van der Waals surface area contributed by atoms with E-state index in [0.717, 1.165) is 31.7 Å². The average Bonchev–Trinajstić information content (AvgIpc) is 2.80. The van der Waals surface area contributed by atoms with Crippen LogP contribution in [0, 0.1) is 12.7 Å². The molecule has 0 aliphatic heterocycles. The second kappa shape index (κ2) is 5.38. The molecule has 106 valence electrons. The molecule has 3 nitrogen and oxygen atoms in total. The topological polar surface area (TPSA) is 46.2 Å². The van der Waals surface area contributed by atoms with Gasteiger partial charge in [-0.05, 0) is 37.5 Å². The lowest BCUT2D eigenvalue weighted by atomic mass is 10.0. The Morgan fingerprint density at radius 2 is 2.00 bits per heavy atom. The zero-order chi connectivity index (χ0) is 14.1. The highest BCUT2D eigenvalue weighted by Crippen LogP contribution is 2.32. The number of alkyl halides is 1. The van der Waals surface area contributed by atoms with Crippen molar-refractivity contribution in [3.63, 3.8) is 0 Å². The van der Waals surface area contributed by atoms with Crippen molar-refractivity contribution >= 4 is 21.6 Å². The SMILES string of the molecule is Cc1ccc(F)cc1S(=O)(=O)NC1(CCl)CCCC1. The van der Waals surface area contributed by atoms with Gasteiger partial charge >= 0.3 is 0 Å². The third-order valence-corrected chi connectivity index (χ3v) is 5.84. The van der Waals surface area contributed by atoms with Gasteiger partial charge in [-0.15, -0.1) is 11.6 Å². The summed E-state index contributed by atoms with van der Waals surface area (Å²) in [6, 6.07) is 3.77. The normalized spacial score (nSPS) is 18.7. The molecule has 1 aromatic rings. The van der Waals surface area contributed by atoms with Gasteiger partial charge in [0.1, 0.15) is 5.82 Å². The molecule has 1 saturated carbocycles. The summed E-state index contributed by atoms with van der Waals surface area (Å²) in [5, 5.41) is 0. The second-order valence-corrected chi connectivity index (χ2v) is 7.05. The van der Waals surface area contributed by atoms with Crippen molar-refractivity contribution in [2.24, 2.45) is 0 Å². The van der Waals surface area contributed by atoms with Crippen LogP contribution in [0.3, 0.4) is 0 Å². The summed E-state index contributed by atoms with van der Waals surface area (Å²) in [5.74, 6) is -0.321. The molecule has 1 fully saturated rings. The molecule has 0 unspecified atom stereocenters. The first-order chi connectivity index (χ1) is 8.88. The van der Waals surface area contributed by atoms with Gasteiger partial charge in [0, 0.05) is 11.4 Å². The first-order valence-corrected chi connectivity index (χ1v) is 8.26. The molecule has 0 spiro atoms. The molecule has 0 radical (unpaired) electrons. The molecule has 19 heavy (non-hydrogen) atoms. The quantitative estimate of drug-likeness (QED) is 0.869. The van der Waals surface area contributed by atoms with Crippen LogP contribution in [0.5, 0.6) is 0 Å². The molecule has 0 amide bonds. The third-order valence-electron chi connectivity index (χ3n) is 3.61. The predicted molar refractivity (Wildman–Crippen MR) is 73.4 cm³/mol. The predicted octanol–water partition coefficient (Wildman–Crippen LogP) is 2.96. The molecule has 0 aromatic heterocycles. The van der Waals surface area contributed by atoms with Crippen molar-refractivity contribution in [2.45, 2.75) is 43.0 Å². The van der Waals surface area contributed by atoms with E-state index in [0.29, 0.717) is 5.56 Å². The summed E-state index contributed by atoms with van der Waals surface area (Å²) in [7, 11) is -3.74. The van der Waals surface area contributed by atoms with E-state index in [4.69, 9.17) is 11.6 Å². The van der Waals surface area contributed by atoms with E-state index in [2.05, 4.69) is 4.72 Å². The number of halogens is 2. The fraction of sp³-hybridized carbons (Fsp3) is 0.538. The van der Waals surface area contributed by atoms with Crippen LogP contribution in [0.4, 0.5) is 4.39 Å². The number of hydrogen-bond acceptors (Lipinski definition) is 2. The van der Waals surface area contributed by atoms with Gasteiger partial charge in [0.05, 0.1) is 4.90 Å². The van der Waals surface area contributed by atoms with Crippen LogP contribution in [0.15, 0.2) is 23.1 Å². The van der Waals surface area contributed by atoms with Gasteiger partial charge in [-0.25, -0.2) is 17.5 Å². The number of benzene rings is 1. The Hall–Kier alpha value is -0.650. The fourth-order valence-corrected chi connectivity index (χ4v) is 4.65. The molecule has 0 heterocycles. The fourth-order valence-electron chi connectivity index (χ4n) is 2.52. The van der Waals surface area contributed by atoms with Gasteiger partial charge in [-0.1, -0.05) is 18.9 Å². The molecular formula is C13H17ClFNO2S. The van der Waals surface area contributed by atoms with E-state index in [1.165, 1.54) is 12.1 Å². The summed E-state index contributed by atoms with van der Waals surface area (Å²) in [5.41, 5.74) is -0.0595. The maximum Gasteiger partial charge on any atom is 0.241 e. The lowest BCUT2D eigenvalue weighted by Gasteiger charge is -2.27. The number of rotatable bonds is 4. The zero-order valence-electron chi connectivity index (χ0n) is 10.7. The van der Waals surface area contributed by atoms with Crippen molar-refractivity contribution in [3.8, 4) is 0 Å². The lowest BCUT2D eigenvalue weighted by Crippen LogP contribution is -2.47. The molecule has 2 rings (SSSR count). The highest BCUT2D eigenvalue weighted by molar-refractivity contribution is 7.89. The molecule has 1 aliphatic carbocycles. The first kappa shape index (κ1) is 14.8. The van der Waals surface area contributed by atoms with Gasteiger partial charge in [-0.3, -0.25) is 0 Å². The molecule has 0 bridgehead atoms. The van der Waals surface area contributed by atoms with Crippen LogP contribution in [0.1, 0.15) is 31.2 Å². The van der Waals surface area contributed by atoms with E-state index >= 15 is 0 Å². The van der Waals surface area contributed by atoms with Gasteiger partial charge in [0.15, 0.2) is 0 Å². The smallest absolute Gasteiger partial charge is 0.207 e. The molecule has 1 N–H and O–H groups in total. The van der Waals surface area contributed by atoms with Crippen LogP contribution >= 0.6 is 11.6 Å². The zero-order valence-corrected chi connectivity index (χ0v) is 12.3. The Labute approximate surface area is 118 Å². The number of hydrogen-bond donors (Lipinski definition) is 1. The Balaban J connectivity index is 2.34. The molecule has 6 heteroatoms. The van der Waals surface area contributed by atoms with Crippen molar-refractivity contribution in [3.05, 3.63) is 29.6 Å². The van der Waals surface area contributed by atoms with Crippen LogP contribution < -0.4 is 4.72 Å². The Kier molecular flexibility index (Phi) is 4.18. The monoisotopic (exact) mass is 305 g/mol. The Morgan fingerprint density at radius 1 is 1.37 bits per heavy atom. The summed E-state index contributed by atoms with van der Waals surface area (Å²) in [6.07, 6.45) is 3.36. The van der Waals surface area contributed by atoms with Gasteiger partial charge in [-0.2, -0.15) is 0 Å². The Bertz CT molecular complexity index is 568. The highest BCUT2D eigenvalue weighted by atomic mass is 35.5. The van der Waals surface area contributed by atoms with Gasteiger partial charge in [0.2, 0.25) is 10.0 Å². The van der Waals surface area contributed by atoms with E-state index < -0.39 is 21.4 Å². The number of nitrogens with one attached hydrogen (secondary N) is 1. The molecule has 0 saturated heterocycles. The maximum absolute atomic E-state index is 13.3. The molecule has 1 aliphatic rings. The van der Waals surface area contributed by atoms with Crippen molar-refractivity contribution < 1.29 is 12.8 Å². The lowest BCUT2D eigenvalue weighted by molar-refractivity contribution is 0.432. The van der Waals surface area contributed by atoms with Crippen LogP contribution in [-0.4, -0.2) is 19.8 Å². The largest absolute Gasteiger partial charge is 0.241 e. The minimum atomic E-state index is -3.74. The van der Waals surface area contributed by atoms with Crippen molar-refractivity contribution in [1.82, 2.24) is 4.72 Å². The highest BCUT2D eigenvalue weighted by Gasteiger charge is 2.37. The first-order valence-electron chi connectivity index (χ1n) is 6.25. The second-order valence-electron chi connectivity index (χ2n) is 5.14. The van der Waals surface area contributed by atoms with Gasteiger partial charge < -0.3 is 0 Å². The summed E-state index contributed by atoms with van der Waals surface area (Å²) in [6.45, 7) is 1.65. The minimum absolute atomic E-state index is 0.0103. The summed E-state index contributed by atoms with van der Waals surface area (Å²) in [4.78, 5) is -0.0103. The number of aryl methyl sites for hydroxylation is 1. The van der Waals surface area contributed by atoms with Crippen molar-refractivity contribution in [2.75, 3.05) is 5.88 Å². The number of sulfonamides is 1. The van der Waals surface area contributed by atoms with Crippen molar-refractivity contribution in [1.29, 1.82) is 0 Å². The maximum atomic E-state index is 13.3. The Morgan fingerprint density at radius 3 is 2.58 bits per heavy atom. The van der Waals surface area contributed by atoms with Gasteiger partial charge in [0.25, 0.3) is 0 Å². The molecule has 1 aromatic carbocycles. The summed E-state index contributed by atoms with van der Waals surface area (Å²) < 4.78 is 40.7.